The van der Waals surface area contributed by atoms with Crippen molar-refractivity contribution in [2.45, 2.75) is 19.1 Å². The summed E-state index contributed by atoms with van der Waals surface area (Å²) in [5.74, 6) is -0.617. The number of guanidine groups is 1. The van der Waals surface area contributed by atoms with Gasteiger partial charge in [-0.1, -0.05) is 24.3 Å². The van der Waals surface area contributed by atoms with Gasteiger partial charge in [-0.05, 0) is 36.8 Å². The number of ether oxygens (including phenoxy) is 3. The van der Waals surface area contributed by atoms with Gasteiger partial charge >= 0.3 is 12.1 Å². The lowest BCUT2D eigenvalue weighted by molar-refractivity contribution is -0.140. The minimum absolute atomic E-state index is 0.0923. The molecule has 32 heavy (non-hydrogen) atoms. The first-order valence-electron chi connectivity index (χ1n) is 9.65. The van der Waals surface area contributed by atoms with Crippen LogP contribution in [0.2, 0.25) is 0 Å². The van der Waals surface area contributed by atoms with Crippen molar-refractivity contribution in [2.75, 3.05) is 26.1 Å². The van der Waals surface area contributed by atoms with Crippen LogP contribution >= 0.6 is 0 Å². The highest BCUT2D eigenvalue weighted by Gasteiger charge is 2.45. The van der Waals surface area contributed by atoms with E-state index in [4.69, 9.17) is 14.2 Å². The van der Waals surface area contributed by atoms with E-state index in [0.717, 1.165) is 0 Å². The number of aliphatic imine (C=N–C) groups is 1. The first-order valence-corrected chi connectivity index (χ1v) is 9.65. The number of rotatable bonds is 6. The second-order valence-corrected chi connectivity index (χ2v) is 6.62. The molecule has 7 nitrogen and oxygen atoms in total. The molecular formula is C22H22F3N3O4. The molecule has 0 spiro atoms. The van der Waals surface area contributed by atoms with Crippen LogP contribution in [0.15, 0.2) is 64.8 Å². The molecule has 2 aromatic carbocycles. The van der Waals surface area contributed by atoms with Crippen LogP contribution in [-0.4, -0.2) is 38.9 Å². The highest BCUT2D eigenvalue weighted by atomic mass is 19.4. The SMILES string of the molecule is CCOC(=O)C1=C(C(F)(F)F)NC(Nc2ccccc2)=NC1c1ccc(OC)c(OC)c1. The quantitative estimate of drug-likeness (QED) is 0.644. The highest BCUT2D eigenvalue weighted by molar-refractivity contribution is 6.00. The number of alkyl halides is 3. The van der Waals surface area contributed by atoms with Crippen molar-refractivity contribution in [1.29, 1.82) is 0 Å². The van der Waals surface area contributed by atoms with E-state index in [-0.39, 0.29) is 18.3 Å². The van der Waals surface area contributed by atoms with Gasteiger partial charge in [-0.15, -0.1) is 0 Å². The Bertz CT molecular complexity index is 1040. The summed E-state index contributed by atoms with van der Waals surface area (Å²) in [5, 5.41) is 5.04. The lowest BCUT2D eigenvalue weighted by Gasteiger charge is -2.29. The fraction of sp³-hybridized carbons (Fsp3) is 0.273. The molecule has 0 amide bonds. The van der Waals surface area contributed by atoms with Gasteiger partial charge < -0.3 is 24.8 Å². The van der Waals surface area contributed by atoms with Gasteiger partial charge in [-0.3, -0.25) is 0 Å². The Morgan fingerprint density at radius 1 is 1.09 bits per heavy atom. The number of allylic oxidation sites excluding steroid dienone is 1. The van der Waals surface area contributed by atoms with Crippen molar-refractivity contribution in [3.8, 4) is 11.5 Å². The van der Waals surface area contributed by atoms with Crippen molar-refractivity contribution < 1.29 is 32.2 Å². The molecule has 0 saturated heterocycles. The predicted molar refractivity (Wildman–Crippen MR) is 113 cm³/mol. The van der Waals surface area contributed by atoms with E-state index in [1.54, 1.807) is 30.3 Å². The van der Waals surface area contributed by atoms with Gasteiger partial charge in [-0.25, -0.2) is 9.79 Å². The summed E-state index contributed by atoms with van der Waals surface area (Å²) >= 11 is 0. The van der Waals surface area contributed by atoms with E-state index >= 15 is 0 Å². The fourth-order valence-corrected chi connectivity index (χ4v) is 3.18. The third-order valence-corrected chi connectivity index (χ3v) is 4.58. The van der Waals surface area contributed by atoms with Crippen molar-refractivity contribution in [2.24, 2.45) is 4.99 Å². The minimum Gasteiger partial charge on any atom is -0.493 e. The number of carbonyl (C=O) groups excluding carboxylic acids is 1. The summed E-state index contributed by atoms with van der Waals surface area (Å²) in [6, 6.07) is 11.8. The standard InChI is InChI=1S/C22H22F3N3O4/c1-4-32-20(29)17-18(13-10-11-15(30-2)16(12-13)31-3)27-21(28-19(17)22(23,24)25)26-14-8-6-5-7-9-14/h5-12,18H,4H2,1-3H3,(H2,26,27,28). The van der Waals surface area contributed by atoms with Crippen LogP contribution in [0.5, 0.6) is 11.5 Å². The van der Waals surface area contributed by atoms with Crippen molar-refractivity contribution in [3.05, 3.63) is 65.4 Å². The molecule has 0 aromatic heterocycles. The molecule has 1 aliphatic rings. The van der Waals surface area contributed by atoms with Crippen molar-refractivity contribution in [1.82, 2.24) is 5.32 Å². The van der Waals surface area contributed by atoms with Crippen molar-refractivity contribution in [3.63, 3.8) is 0 Å². The van der Waals surface area contributed by atoms with Crippen LogP contribution in [0, 0.1) is 0 Å². The van der Waals surface area contributed by atoms with E-state index < -0.39 is 29.5 Å². The van der Waals surface area contributed by atoms with Gasteiger partial charge in [0.2, 0.25) is 5.96 Å². The number of hydrogen-bond donors (Lipinski definition) is 2. The molecule has 0 radical (unpaired) electrons. The van der Waals surface area contributed by atoms with E-state index in [1.165, 1.54) is 39.3 Å². The van der Waals surface area contributed by atoms with Gasteiger partial charge in [0.1, 0.15) is 11.7 Å². The number of nitrogens with zero attached hydrogens (tertiary/aromatic N) is 1. The predicted octanol–water partition coefficient (Wildman–Crippen LogP) is 4.20. The summed E-state index contributed by atoms with van der Waals surface area (Å²) in [7, 11) is 2.84. The number of hydrogen-bond acceptors (Lipinski definition) is 7. The molecule has 0 bridgehead atoms. The summed E-state index contributed by atoms with van der Waals surface area (Å²) in [6.45, 7) is 1.42. The van der Waals surface area contributed by atoms with Gasteiger partial charge in [0.05, 0.1) is 26.4 Å². The number of anilines is 1. The first-order chi connectivity index (χ1) is 15.3. The fourth-order valence-electron chi connectivity index (χ4n) is 3.18. The Morgan fingerprint density at radius 2 is 1.78 bits per heavy atom. The van der Waals surface area contributed by atoms with E-state index in [1.807, 2.05) is 0 Å². The van der Waals surface area contributed by atoms with Crippen LogP contribution < -0.4 is 20.1 Å². The van der Waals surface area contributed by atoms with Crippen LogP contribution in [0.1, 0.15) is 18.5 Å². The number of halogens is 3. The van der Waals surface area contributed by atoms with E-state index in [0.29, 0.717) is 17.0 Å². The molecule has 0 fully saturated rings. The first kappa shape index (κ1) is 23.0. The second kappa shape index (κ2) is 9.63. The Hall–Kier alpha value is -3.69. The number of methoxy groups -OCH3 is 2. The minimum atomic E-state index is -4.86. The highest BCUT2D eigenvalue weighted by Crippen LogP contribution is 2.40. The molecule has 170 valence electrons. The Morgan fingerprint density at radius 3 is 2.38 bits per heavy atom. The lowest BCUT2D eigenvalue weighted by Crippen LogP contribution is -2.42. The van der Waals surface area contributed by atoms with E-state index in [9.17, 15) is 18.0 Å². The maximum atomic E-state index is 14.0. The molecule has 1 aliphatic heterocycles. The zero-order chi connectivity index (χ0) is 23.3. The summed E-state index contributed by atoms with van der Waals surface area (Å²) in [6.07, 6.45) is -4.86. The van der Waals surface area contributed by atoms with Gasteiger partial charge in [0.25, 0.3) is 0 Å². The number of esters is 1. The summed E-state index contributed by atoms with van der Waals surface area (Å²) < 4.78 is 57.4. The number of carbonyl (C=O) groups is 1. The van der Waals surface area contributed by atoms with E-state index in [2.05, 4.69) is 15.6 Å². The van der Waals surface area contributed by atoms with Crippen LogP contribution in [0.3, 0.4) is 0 Å². The molecule has 2 aromatic rings. The molecule has 1 unspecified atom stereocenters. The summed E-state index contributed by atoms with van der Waals surface area (Å²) in [5.41, 5.74) is -1.08. The van der Waals surface area contributed by atoms with Gasteiger partial charge in [0, 0.05) is 5.69 Å². The topological polar surface area (TPSA) is 81.2 Å². The zero-order valence-electron chi connectivity index (χ0n) is 17.6. The smallest absolute Gasteiger partial charge is 0.431 e. The number of para-hydroxylation sites is 1. The molecule has 1 atom stereocenters. The maximum Gasteiger partial charge on any atom is 0.431 e. The molecule has 0 aliphatic carbocycles. The van der Waals surface area contributed by atoms with Crippen LogP contribution in [-0.2, 0) is 9.53 Å². The third-order valence-electron chi connectivity index (χ3n) is 4.58. The van der Waals surface area contributed by atoms with Crippen LogP contribution in [0.25, 0.3) is 0 Å². The van der Waals surface area contributed by atoms with Gasteiger partial charge in [0.15, 0.2) is 11.5 Å². The number of benzene rings is 2. The maximum absolute atomic E-state index is 14.0. The lowest BCUT2D eigenvalue weighted by atomic mass is 9.95. The average molecular weight is 449 g/mol. The molecule has 0 saturated carbocycles. The zero-order valence-corrected chi connectivity index (χ0v) is 17.6. The summed E-state index contributed by atoms with van der Waals surface area (Å²) in [4.78, 5) is 17.0. The molecule has 10 heteroatoms. The van der Waals surface area contributed by atoms with Crippen LogP contribution in [0.4, 0.5) is 18.9 Å². The molecule has 3 rings (SSSR count). The molecule has 1 heterocycles. The van der Waals surface area contributed by atoms with Gasteiger partial charge in [-0.2, -0.15) is 13.2 Å². The average Bonchev–Trinajstić information content (AvgIpc) is 2.78. The second-order valence-electron chi connectivity index (χ2n) is 6.62. The third kappa shape index (κ3) is 4.96. The van der Waals surface area contributed by atoms with Crippen molar-refractivity contribution >= 4 is 17.6 Å². The Balaban J connectivity index is 2.16. The molecular weight excluding hydrogens is 427 g/mol. The Kier molecular flexibility index (Phi) is 6.92. The number of nitrogens with one attached hydrogen (secondary N) is 2. The Labute approximate surface area is 182 Å². The monoisotopic (exact) mass is 449 g/mol. The molecule has 2 N–H and O–H groups in total. The largest absolute Gasteiger partial charge is 0.493 e. The normalized spacial score (nSPS) is 16.1.